The smallest absolute Gasteiger partial charge is 0.335 e. The van der Waals surface area contributed by atoms with E-state index in [-0.39, 0.29) is 17.5 Å². The van der Waals surface area contributed by atoms with Crippen LogP contribution in [0.3, 0.4) is 0 Å². The third kappa shape index (κ3) is 5.84. The molecule has 2 N–H and O–H groups in total. The van der Waals surface area contributed by atoms with Crippen LogP contribution in [0.1, 0.15) is 39.9 Å². The number of aliphatic hydroxyl groups is 1. The summed E-state index contributed by atoms with van der Waals surface area (Å²) in [6.45, 7) is 2.56. The number of hydrogen-bond donors (Lipinski definition) is 2. The quantitative estimate of drug-likeness (QED) is 0.300. The van der Waals surface area contributed by atoms with Gasteiger partial charge in [-0.3, -0.25) is 4.79 Å². The van der Waals surface area contributed by atoms with Crippen LogP contribution in [0, 0.1) is 6.92 Å². The molecule has 2 atom stereocenters. The van der Waals surface area contributed by atoms with Gasteiger partial charge >= 0.3 is 5.97 Å². The average molecular weight is 511 g/mol. The highest BCUT2D eigenvalue weighted by molar-refractivity contribution is 5.87. The van der Waals surface area contributed by atoms with Crippen LogP contribution in [-0.2, 0) is 17.6 Å². The molecule has 0 bridgehead atoms. The summed E-state index contributed by atoms with van der Waals surface area (Å²) in [6.07, 6.45) is 5.27. The zero-order valence-corrected chi connectivity index (χ0v) is 21.2. The maximum atomic E-state index is 12.5. The summed E-state index contributed by atoms with van der Waals surface area (Å²) in [5.41, 5.74) is 5.73. The van der Waals surface area contributed by atoms with Crippen LogP contribution in [0.25, 0.3) is 22.6 Å². The SMILES string of the molecule is Cc1ccc2oc(-c3cccc(C[C@H](O)C=C[C@H]4CCC(=O)N4CCc4ccc(C(=O)O)cc4)c3)nc2c1. The molecule has 2 heterocycles. The van der Waals surface area contributed by atoms with E-state index >= 15 is 0 Å². The van der Waals surface area contributed by atoms with E-state index in [1.54, 1.807) is 30.3 Å². The van der Waals surface area contributed by atoms with E-state index in [1.165, 1.54) is 0 Å². The Balaban J connectivity index is 1.20. The van der Waals surface area contributed by atoms with Crippen molar-refractivity contribution in [1.29, 1.82) is 0 Å². The molecule has 7 heteroatoms. The normalized spacial score (nSPS) is 16.5. The number of rotatable bonds is 9. The Bertz CT molecular complexity index is 1490. The number of aromatic nitrogens is 1. The van der Waals surface area contributed by atoms with Gasteiger partial charge in [0.15, 0.2) is 5.58 Å². The van der Waals surface area contributed by atoms with E-state index < -0.39 is 12.1 Å². The Kier molecular flexibility index (Phi) is 7.38. The van der Waals surface area contributed by atoms with Crippen LogP contribution in [0.15, 0.2) is 83.3 Å². The summed E-state index contributed by atoms with van der Waals surface area (Å²) in [5, 5.41) is 19.8. The molecule has 194 valence electrons. The number of likely N-dealkylation sites (tertiary alicyclic amines) is 1. The van der Waals surface area contributed by atoms with Crippen molar-refractivity contribution in [1.82, 2.24) is 9.88 Å². The Hall–Kier alpha value is -4.23. The van der Waals surface area contributed by atoms with Gasteiger partial charge in [-0.25, -0.2) is 9.78 Å². The molecule has 3 aromatic carbocycles. The fourth-order valence-electron chi connectivity index (χ4n) is 4.87. The number of aryl methyl sites for hydroxylation is 1. The number of amides is 1. The second-order valence-corrected chi connectivity index (χ2v) is 9.79. The number of carboxylic acids is 1. The standard InChI is InChI=1S/C31H30N2O5/c1-20-5-13-28-27(17-20)32-30(38-28)24-4-2-3-22(18-24)19-26(34)12-10-25-11-14-29(35)33(25)16-15-21-6-8-23(9-7-21)31(36)37/h2-10,12-13,17-18,25-26,34H,11,14-16,19H2,1H3,(H,36,37)/t25-,26+/m0/s1. The number of carbonyl (C=O) groups is 2. The first kappa shape index (κ1) is 25.4. The van der Waals surface area contributed by atoms with E-state index in [4.69, 9.17) is 9.52 Å². The molecule has 4 aromatic rings. The Labute approximate surface area is 221 Å². The molecule has 0 radical (unpaired) electrons. The van der Waals surface area contributed by atoms with Gasteiger partial charge in [0.05, 0.1) is 17.7 Å². The van der Waals surface area contributed by atoms with Crippen molar-refractivity contribution in [3.05, 3.63) is 101 Å². The van der Waals surface area contributed by atoms with Gasteiger partial charge < -0.3 is 19.5 Å². The maximum absolute atomic E-state index is 12.5. The van der Waals surface area contributed by atoms with Gasteiger partial charge in [-0.2, -0.15) is 0 Å². The number of fused-ring (bicyclic) bond motifs is 1. The van der Waals surface area contributed by atoms with Gasteiger partial charge in [-0.05, 0) is 72.9 Å². The molecule has 0 aliphatic carbocycles. The predicted molar refractivity (Wildman–Crippen MR) is 145 cm³/mol. The Morgan fingerprint density at radius 2 is 1.95 bits per heavy atom. The summed E-state index contributed by atoms with van der Waals surface area (Å²) in [7, 11) is 0. The van der Waals surface area contributed by atoms with Crippen LogP contribution in [-0.4, -0.2) is 50.7 Å². The molecule has 1 aliphatic heterocycles. The number of carboxylic acid groups (broad SMARTS) is 1. The Morgan fingerprint density at radius 1 is 1.13 bits per heavy atom. The maximum Gasteiger partial charge on any atom is 0.335 e. The van der Waals surface area contributed by atoms with Gasteiger partial charge in [0.2, 0.25) is 11.8 Å². The molecule has 1 saturated heterocycles. The molecular weight excluding hydrogens is 480 g/mol. The zero-order chi connectivity index (χ0) is 26.6. The first-order chi connectivity index (χ1) is 18.4. The van der Waals surface area contributed by atoms with Crippen molar-refractivity contribution in [2.75, 3.05) is 6.54 Å². The number of hydrogen-bond acceptors (Lipinski definition) is 5. The van der Waals surface area contributed by atoms with E-state index in [0.717, 1.165) is 33.4 Å². The van der Waals surface area contributed by atoms with Gasteiger partial charge in [0.1, 0.15) is 5.52 Å². The fraction of sp³-hybridized carbons (Fsp3) is 0.258. The third-order valence-electron chi connectivity index (χ3n) is 6.93. The van der Waals surface area contributed by atoms with E-state index in [0.29, 0.717) is 38.1 Å². The van der Waals surface area contributed by atoms with Gasteiger partial charge in [0.25, 0.3) is 0 Å². The molecule has 0 spiro atoms. The number of carbonyl (C=O) groups excluding carboxylic acids is 1. The molecular formula is C31H30N2O5. The van der Waals surface area contributed by atoms with Crippen LogP contribution in [0.4, 0.5) is 0 Å². The van der Waals surface area contributed by atoms with Gasteiger partial charge in [-0.15, -0.1) is 0 Å². The lowest BCUT2D eigenvalue weighted by molar-refractivity contribution is -0.128. The summed E-state index contributed by atoms with van der Waals surface area (Å²) < 4.78 is 5.93. The first-order valence-corrected chi connectivity index (χ1v) is 12.8. The topological polar surface area (TPSA) is 104 Å². The highest BCUT2D eigenvalue weighted by Gasteiger charge is 2.28. The molecule has 0 saturated carbocycles. The molecule has 7 nitrogen and oxygen atoms in total. The lowest BCUT2D eigenvalue weighted by Gasteiger charge is -2.23. The summed E-state index contributed by atoms with van der Waals surface area (Å²) in [6, 6.07) is 20.4. The monoisotopic (exact) mass is 510 g/mol. The molecule has 1 aromatic heterocycles. The third-order valence-corrected chi connectivity index (χ3v) is 6.93. The number of nitrogens with zero attached hydrogens (tertiary/aromatic N) is 2. The lowest BCUT2D eigenvalue weighted by Crippen LogP contribution is -2.33. The predicted octanol–water partition coefficient (Wildman–Crippen LogP) is 5.19. The number of oxazole rings is 1. The van der Waals surface area contributed by atoms with E-state index in [2.05, 4.69) is 4.98 Å². The van der Waals surface area contributed by atoms with E-state index in [1.807, 2.05) is 60.4 Å². The molecule has 1 aliphatic rings. The van der Waals surface area contributed by atoms with Crippen molar-refractivity contribution in [2.45, 2.75) is 44.8 Å². The fourth-order valence-corrected chi connectivity index (χ4v) is 4.87. The minimum atomic E-state index is -0.956. The van der Waals surface area contributed by atoms with E-state index in [9.17, 15) is 14.7 Å². The summed E-state index contributed by atoms with van der Waals surface area (Å²) in [4.78, 5) is 30.0. The molecule has 0 unspecified atom stereocenters. The summed E-state index contributed by atoms with van der Waals surface area (Å²) in [5.74, 6) is -0.309. The molecule has 38 heavy (non-hydrogen) atoms. The minimum absolute atomic E-state index is 0.0648. The zero-order valence-electron chi connectivity index (χ0n) is 21.2. The lowest BCUT2D eigenvalue weighted by atomic mass is 10.0. The largest absolute Gasteiger partial charge is 0.478 e. The number of aliphatic hydroxyl groups excluding tert-OH is 1. The van der Waals surface area contributed by atoms with Crippen molar-refractivity contribution < 1.29 is 24.2 Å². The summed E-state index contributed by atoms with van der Waals surface area (Å²) >= 11 is 0. The van der Waals surface area contributed by atoms with Crippen molar-refractivity contribution in [3.8, 4) is 11.5 Å². The van der Waals surface area contributed by atoms with Crippen molar-refractivity contribution in [2.24, 2.45) is 0 Å². The van der Waals surface area contributed by atoms with Gasteiger partial charge in [0, 0.05) is 24.9 Å². The van der Waals surface area contributed by atoms with Crippen LogP contribution in [0.5, 0.6) is 0 Å². The van der Waals surface area contributed by atoms with Crippen LogP contribution in [0.2, 0.25) is 0 Å². The Morgan fingerprint density at radius 3 is 2.74 bits per heavy atom. The minimum Gasteiger partial charge on any atom is -0.478 e. The molecule has 5 rings (SSSR count). The highest BCUT2D eigenvalue weighted by Crippen LogP contribution is 2.26. The first-order valence-electron chi connectivity index (χ1n) is 12.8. The van der Waals surface area contributed by atoms with Crippen LogP contribution < -0.4 is 0 Å². The van der Waals surface area contributed by atoms with Crippen LogP contribution >= 0.6 is 0 Å². The number of benzene rings is 3. The van der Waals surface area contributed by atoms with Crippen molar-refractivity contribution >= 4 is 23.0 Å². The highest BCUT2D eigenvalue weighted by atomic mass is 16.4. The van der Waals surface area contributed by atoms with Crippen molar-refractivity contribution in [3.63, 3.8) is 0 Å². The average Bonchev–Trinajstić information content (AvgIpc) is 3.49. The second kappa shape index (κ2) is 11.0. The molecule has 1 amide bonds. The number of aromatic carboxylic acids is 1. The molecule has 1 fully saturated rings. The van der Waals surface area contributed by atoms with Gasteiger partial charge in [-0.1, -0.05) is 42.5 Å². The second-order valence-electron chi connectivity index (χ2n) is 9.79.